The van der Waals surface area contributed by atoms with E-state index >= 15 is 0 Å². The molecule has 1 aromatic heterocycles. The first-order valence-electron chi connectivity index (χ1n) is 6.51. The lowest BCUT2D eigenvalue weighted by Gasteiger charge is -2.36. The van der Waals surface area contributed by atoms with Gasteiger partial charge in [-0.2, -0.15) is 0 Å². The van der Waals surface area contributed by atoms with E-state index in [1.54, 1.807) is 6.33 Å². The van der Waals surface area contributed by atoms with Gasteiger partial charge in [-0.05, 0) is 25.2 Å². The van der Waals surface area contributed by atoms with Gasteiger partial charge < -0.3 is 10.6 Å². The fourth-order valence-electron chi connectivity index (χ4n) is 2.38. The van der Waals surface area contributed by atoms with Crippen molar-refractivity contribution in [2.45, 2.75) is 45.1 Å². The van der Waals surface area contributed by atoms with Gasteiger partial charge in [-0.1, -0.05) is 13.8 Å². The zero-order valence-corrected chi connectivity index (χ0v) is 10.8. The Bertz CT molecular complexity index is 364. The van der Waals surface area contributed by atoms with Crippen LogP contribution in [-0.4, -0.2) is 29.1 Å². The molecule has 0 radical (unpaired) electrons. The number of nitrogens with zero attached hydrogens (tertiary/aromatic N) is 3. The summed E-state index contributed by atoms with van der Waals surface area (Å²) >= 11 is 0. The summed E-state index contributed by atoms with van der Waals surface area (Å²) in [6.07, 6.45) is 5.36. The molecule has 1 atom stereocenters. The highest BCUT2D eigenvalue weighted by molar-refractivity contribution is 5.41. The van der Waals surface area contributed by atoms with Crippen LogP contribution in [-0.2, 0) is 0 Å². The molecule has 94 valence electrons. The van der Waals surface area contributed by atoms with Gasteiger partial charge in [0.15, 0.2) is 0 Å². The van der Waals surface area contributed by atoms with Gasteiger partial charge in [-0.25, -0.2) is 9.97 Å². The van der Waals surface area contributed by atoms with Crippen LogP contribution in [0.1, 0.15) is 44.7 Å². The van der Waals surface area contributed by atoms with Crippen molar-refractivity contribution in [2.75, 3.05) is 18.0 Å². The van der Waals surface area contributed by atoms with Gasteiger partial charge >= 0.3 is 0 Å². The van der Waals surface area contributed by atoms with Crippen molar-refractivity contribution in [3.05, 3.63) is 18.1 Å². The van der Waals surface area contributed by atoms with E-state index in [1.165, 1.54) is 19.3 Å². The van der Waals surface area contributed by atoms with Crippen LogP contribution >= 0.6 is 0 Å². The zero-order chi connectivity index (χ0) is 12.3. The minimum absolute atomic E-state index is 0.442. The fourth-order valence-corrected chi connectivity index (χ4v) is 2.38. The predicted molar refractivity (Wildman–Crippen MR) is 70.2 cm³/mol. The maximum absolute atomic E-state index is 5.84. The first-order valence-corrected chi connectivity index (χ1v) is 6.51. The molecule has 1 fully saturated rings. The second-order valence-electron chi connectivity index (χ2n) is 5.03. The minimum Gasteiger partial charge on any atom is -0.352 e. The Balaban J connectivity index is 2.22. The molecule has 4 heteroatoms. The average Bonchev–Trinajstić information content (AvgIpc) is 2.39. The van der Waals surface area contributed by atoms with E-state index in [-0.39, 0.29) is 0 Å². The van der Waals surface area contributed by atoms with E-state index in [4.69, 9.17) is 5.73 Å². The lowest BCUT2D eigenvalue weighted by molar-refractivity contribution is 0.461. The fraction of sp³-hybridized carbons (Fsp3) is 0.692. The second kappa shape index (κ2) is 5.45. The number of nitrogens with two attached hydrogens (primary N) is 1. The van der Waals surface area contributed by atoms with Crippen molar-refractivity contribution in [1.29, 1.82) is 0 Å². The van der Waals surface area contributed by atoms with E-state index in [1.807, 2.05) is 0 Å². The standard InChI is InChI=1S/C13H22N4/c1-10(2)12-7-13(16-9-15-12)17-6-4-3-5-11(17)8-14/h7,9-11H,3-6,8,14H2,1-2H3. The number of hydrogen-bond donors (Lipinski definition) is 1. The van der Waals surface area contributed by atoms with Gasteiger partial charge in [0.2, 0.25) is 0 Å². The average molecular weight is 234 g/mol. The summed E-state index contributed by atoms with van der Waals surface area (Å²) in [7, 11) is 0. The first-order chi connectivity index (χ1) is 8.22. The molecular weight excluding hydrogens is 212 g/mol. The molecule has 1 aliphatic heterocycles. The third-order valence-corrected chi connectivity index (χ3v) is 3.46. The summed E-state index contributed by atoms with van der Waals surface area (Å²) < 4.78 is 0. The molecule has 0 saturated carbocycles. The maximum Gasteiger partial charge on any atom is 0.132 e. The van der Waals surface area contributed by atoms with E-state index in [2.05, 4.69) is 34.8 Å². The van der Waals surface area contributed by atoms with Crippen molar-refractivity contribution >= 4 is 5.82 Å². The van der Waals surface area contributed by atoms with Crippen LogP contribution < -0.4 is 10.6 Å². The van der Waals surface area contributed by atoms with Crippen LogP contribution in [0.2, 0.25) is 0 Å². The molecule has 0 aromatic carbocycles. The van der Waals surface area contributed by atoms with Gasteiger partial charge in [-0.3, -0.25) is 0 Å². The van der Waals surface area contributed by atoms with Gasteiger partial charge in [0, 0.05) is 30.9 Å². The van der Waals surface area contributed by atoms with Crippen LogP contribution in [0, 0.1) is 0 Å². The third-order valence-electron chi connectivity index (χ3n) is 3.46. The molecule has 0 spiro atoms. The van der Waals surface area contributed by atoms with Gasteiger partial charge in [0.25, 0.3) is 0 Å². The SMILES string of the molecule is CC(C)c1cc(N2CCCCC2CN)ncn1. The molecule has 1 unspecified atom stereocenters. The molecule has 1 saturated heterocycles. The Kier molecular flexibility index (Phi) is 3.94. The third kappa shape index (κ3) is 2.75. The van der Waals surface area contributed by atoms with Crippen LogP contribution in [0.3, 0.4) is 0 Å². The molecule has 0 bridgehead atoms. The maximum atomic E-state index is 5.84. The van der Waals surface area contributed by atoms with Gasteiger partial charge in [-0.15, -0.1) is 0 Å². The molecule has 0 aliphatic carbocycles. The molecule has 2 N–H and O–H groups in total. The number of hydrogen-bond acceptors (Lipinski definition) is 4. The summed E-state index contributed by atoms with van der Waals surface area (Å²) in [5.74, 6) is 1.48. The summed E-state index contributed by atoms with van der Waals surface area (Å²) in [6.45, 7) is 6.09. The van der Waals surface area contributed by atoms with Crippen molar-refractivity contribution in [3.63, 3.8) is 0 Å². The Labute approximate surface area is 103 Å². The highest BCUT2D eigenvalue weighted by atomic mass is 15.2. The summed E-state index contributed by atoms with van der Waals surface area (Å²) in [4.78, 5) is 11.1. The van der Waals surface area contributed by atoms with Gasteiger partial charge in [0.1, 0.15) is 12.1 Å². The Morgan fingerprint density at radius 2 is 2.24 bits per heavy atom. The molecule has 1 aromatic rings. The Hall–Kier alpha value is -1.16. The molecule has 4 nitrogen and oxygen atoms in total. The summed E-state index contributed by atoms with van der Waals surface area (Å²) in [5.41, 5.74) is 6.95. The Morgan fingerprint density at radius 1 is 1.41 bits per heavy atom. The molecule has 17 heavy (non-hydrogen) atoms. The summed E-state index contributed by atoms with van der Waals surface area (Å²) in [6, 6.07) is 2.55. The highest BCUT2D eigenvalue weighted by Gasteiger charge is 2.22. The van der Waals surface area contributed by atoms with Gasteiger partial charge in [0.05, 0.1) is 0 Å². The second-order valence-corrected chi connectivity index (χ2v) is 5.03. The smallest absolute Gasteiger partial charge is 0.132 e. The number of anilines is 1. The monoisotopic (exact) mass is 234 g/mol. The highest BCUT2D eigenvalue weighted by Crippen LogP contribution is 2.24. The van der Waals surface area contributed by atoms with Crippen LogP contribution in [0.15, 0.2) is 12.4 Å². The Morgan fingerprint density at radius 3 is 2.94 bits per heavy atom. The van der Waals surface area contributed by atoms with Crippen LogP contribution in [0.4, 0.5) is 5.82 Å². The van der Waals surface area contributed by atoms with Crippen molar-refractivity contribution in [1.82, 2.24) is 9.97 Å². The first kappa shape index (κ1) is 12.3. The largest absolute Gasteiger partial charge is 0.352 e. The van der Waals surface area contributed by atoms with E-state index in [0.29, 0.717) is 18.5 Å². The van der Waals surface area contributed by atoms with Crippen molar-refractivity contribution in [3.8, 4) is 0 Å². The predicted octanol–water partition coefficient (Wildman–Crippen LogP) is 1.92. The topological polar surface area (TPSA) is 55.0 Å². The number of aromatic nitrogens is 2. The van der Waals surface area contributed by atoms with Crippen LogP contribution in [0.5, 0.6) is 0 Å². The lowest BCUT2D eigenvalue weighted by atomic mass is 10.0. The van der Waals surface area contributed by atoms with Crippen LogP contribution in [0.25, 0.3) is 0 Å². The van der Waals surface area contributed by atoms with E-state index in [0.717, 1.165) is 18.1 Å². The van der Waals surface area contributed by atoms with Crippen molar-refractivity contribution < 1.29 is 0 Å². The molecule has 1 aliphatic rings. The zero-order valence-electron chi connectivity index (χ0n) is 10.8. The normalized spacial score (nSPS) is 20.9. The van der Waals surface area contributed by atoms with E-state index < -0.39 is 0 Å². The summed E-state index contributed by atoms with van der Waals surface area (Å²) in [5, 5.41) is 0. The van der Waals surface area contributed by atoms with Crippen molar-refractivity contribution in [2.24, 2.45) is 5.73 Å². The molecule has 2 heterocycles. The number of piperidine rings is 1. The quantitative estimate of drug-likeness (QED) is 0.868. The molecular formula is C13H22N4. The van der Waals surface area contributed by atoms with E-state index in [9.17, 15) is 0 Å². The number of rotatable bonds is 3. The molecule has 2 rings (SSSR count). The minimum atomic E-state index is 0.442. The lowest BCUT2D eigenvalue weighted by Crippen LogP contribution is -2.44. The molecule has 0 amide bonds.